The molecule has 0 amide bonds. The van der Waals surface area contributed by atoms with Crippen LogP contribution in [0.2, 0.25) is 0 Å². The second-order valence-corrected chi connectivity index (χ2v) is 11.5. The minimum absolute atomic E-state index is 0.102. The SMILES string of the molecule is CC(=O)O[C@H]1CC[C@@]2(C)C(=CC[C@@H]3[C@@H]2CC[C@@]2(C)[C@H]3CC[C@]23OCCS3)C1. The molecule has 1 heterocycles. The minimum atomic E-state index is -0.128. The molecule has 4 fully saturated rings. The number of rotatable bonds is 1. The van der Waals surface area contributed by atoms with Crippen LogP contribution in [0.5, 0.6) is 0 Å². The Morgan fingerprint density at radius 1 is 1.19 bits per heavy atom. The van der Waals surface area contributed by atoms with E-state index in [4.69, 9.17) is 9.47 Å². The first-order valence-corrected chi connectivity index (χ1v) is 12.0. The van der Waals surface area contributed by atoms with E-state index in [9.17, 15) is 4.79 Å². The molecule has 0 radical (unpaired) electrons. The molecular weight excluding hydrogens is 356 g/mol. The first kappa shape index (κ1) is 18.5. The van der Waals surface area contributed by atoms with Crippen LogP contribution in [-0.2, 0) is 14.3 Å². The maximum atomic E-state index is 11.4. The molecule has 150 valence electrons. The lowest BCUT2D eigenvalue weighted by atomic mass is 9.48. The van der Waals surface area contributed by atoms with Gasteiger partial charge in [-0.3, -0.25) is 4.79 Å². The fourth-order valence-corrected chi connectivity index (χ4v) is 9.36. The summed E-state index contributed by atoms with van der Waals surface area (Å²) in [5.41, 5.74) is 2.26. The molecule has 27 heavy (non-hydrogen) atoms. The van der Waals surface area contributed by atoms with Crippen LogP contribution in [0.15, 0.2) is 11.6 Å². The van der Waals surface area contributed by atoms with Gasteiger partial charge in [0.15, 0.2) is 0 Å². The van der Waals surface area contributed by atoms with Gasteiger partial charge in [0.1, 0.15) is 11.0 Å². The van der Waals surface area contributed by atoms with Crippen LogP contribution in [0.1, 0.15) is 72.1 Å². The van der Waals surface area contributed by atoms with Crippen molar-refractivity contribution in [2.45, 2.75) is 83.2 Å². The first-order valence-electron chi connectivity index (χ1n) is 11.0. The molecule has 3 nitrogen and oxygen atoms in total. The number of esters is 1. The smallest absolute Gasteiger partial charge is 0.302 e. The molecular formula is C23H34O3S. The highest BCUT2D eigenvalue weighted by atomic mass is 32.2. The molecule has 0 aromatic carbocycles. The van der Waals surface area contributed by atoms with E-state index in [1.807, 2.05) is 0 Å². The zero-order valence-electron chi connectivity index (χ0n) is 17.1. The van der Waals surface area contributed by atoms with Gasteiger partial charge < -0.3 is 9.47 Å². The maximum Gasteiger partial charge on any atom is 0.302 e. The van der Waals surface area contributed by atoms with Crippen molar-refractivity contribution in [2.24, 2.45) is 28.6 Å². The van der Waals surface area contributed by atoms with Crippen molar-refractivity contribution in [1.82, 2.24) is 0 Å². The molecule has 1 aliphatic heterocycles. The average molecular weight is 391 g/mol. The Morgan fingerprint density at radius 3 is 2.74 bits per heavy atom. The zero-order valence-corrected chi connectivity index (χ0v) is 17.9. The van der Waals surface area contributed by atoms with Crippen LogP contribution in [-0.4, -0.2) is 29.4 Å². The Kier molecular flexibility index (Phi) is 4.30. The van der Waals surface area contributed by atoms with Crippen LogP contribution in [0.4, 0.5) is 0 Å². The second-order valence-electron chi connectivity index (χ2n) is 10.2. The van der Waals surface area contributed by atoms with E-state index in [2.05, 4.69) is 31.7 Å². The number of hydrogen-bond donors (Lipinski definition) is 0. The van der Waals surface area contributed by atoms with Gasteiger partial charge >= 0.3 is 5.97 Å². The van der Waals surface area contributed by atoms with Crippen molar-refractivity contribution in [1.29, 1.82) is 0 Å². The van der Waals surface area contributed by atoms with E-state index in [0.717, 1.165) is 37.2 Å². The quantitative estimate of drug-likeness (QED) is 0.447. The summed E-state index contributed by atoms with van der Waals surface area (Å²) in [6, 6.07) is 0. The Labute approximate surface area is 168 Å². The highest BCUT2D eigenvalue weighted by Gasteiger charge is 2.65. The zero-order chi connectivity index (χ0) is 18.9. The monoisotopic (exact) mass is 390 g/mol. The van der Waals surface area contributed by atoms with E-state index < -0.39 is 0 Å². The highest BCUT2D eigenvalue weighted by Crippen LogP contribution is 2.70. The van der Waals surface area contributed by atoms with E-state index in [0.29, 0.717) is 10.8 Å². The van der Waals surface area contributed by atoms with Gasteiger partial charge in [0.2, 0.25) is 0 Å². The van der Waals surface area contributed by atoms with Gasteiger partial charge in [-0.1, -0.05) is 25.5 Å². The van der Waals surface area contributed by atoms with Crippen LogP contribution in [0, 0.1) is 28.6 Å². The standard InChI is InChI=1S/C23H34O3S/c1-15(24)26-17-6-9-21(2)16(14-17)4-5-18-19(21)7-10-22(3)20(18)8-11-23(22)25-12-13-27-23/h4,17-20H,5-14H2,1-3H3/t17-,18+,19-,20-,21-,22-,23+/m0/s1. The van der Waals surface area contributed by atoms with Crippen molar-refractivity contribution in [3.63, 3.8) is 0 Å². The molecule has 1 spiro atoms. The lowest BCUT2D eigenvalue weighted by molar-refractivity contribution is -0.149. The van der Waals surface area contributed by atoms with Crippen LogP contribution in [0.3, 0.4) is 0 Å². The number of carbonyl (C=O) groups is 1. The van der Waals surface area contributed by atoms with E-state index in [1.165, 1.54) is 44.3 Å². The summed E-state index contributed by atoms with van der Waals surface area (Å²) in [5, 5.41) is 0. The summed E-state index contributed by atoms with van der Waals surface area (Å²) in [5.74, 6) is 3.47. The third-order valence-electron chi connectivity index (χ3n) is 9.19. The van der Waals surface area contributed by atoms with Gasteiger partial charge in [-0.2, -0.15) is 0 Å². The molecule has 5 aliphatic rings. The first-order chi connectivity index (χ1) is 12.9. The second kappa shape index (κ2) is 6.26. The van der Waals surface area contributed by atoms with Gasteiger partial charge in [-0.05, 0) is 68.1 Å². The van der Waals surface area contributed by atoms with Gasteiger partial charge in [0.05, 0.1) is 6.61 Å². The Balaban J connectivity index is 1.41. The normalized spacial score (nSPS) is 51.3. The Morgan fingerprint density at radius 2 is 2.00 bits per heavy atom. The molecule has 4 aliphatic carbocycles. The molecule has 0 bridgehead atoms. The fraction of sp³-hybridized carbons (Fsp3) is 0.870. The summed E-state index contributed by atoms with van der Waals surface area (Å²) in [4.78, 5) is 11.5. The predicted octanol–water partition coefficient (Wildman–Crippen LogP) is 5.34. The molecule has 1 saturated heterocycles. The number of thioether (sulfide) groups is 1. The van der Waals surface area contributed by atoms with Crippen molar-refractivity contribution in [2.75, 3.05) is 12.4 Å². The molecule has 0 aromatic rings. The summed E-state index contributed by atoms with van der Waals surface area (Å²) < 4.78 is 12.0. The molecule has 4 heteroatoms. The van der Waals surface area contributed by atoms with Crippen LogP contribution < -0.4 is 0 Å². The van der Waals surface area contributed by atoms with E-state index >= 15 is 0 Å². The summed E-state index contributed by atoms with van der Waals surface area (Å²) >= 11 is 2.12. The van der Waals surface area contributed by atoms with Crippen molar-refractivity contribution in [3.8, 4) is 0 Å². The summed E-state index contributed by atoms with van der Waals surface area (Å²) in [6.07, 6.45) is 12.3. The Hall–Kier alpha value is -0.480. The number of fused-ring (bicyclic) bond motifs is 6. The van der Waals surface area contributed by atoms with Crippen molar-refractivity contribution in [3.05, 3.63) is 11.6 Å². The molecule has 0 unspecified atom stereocenters. The van der Waals surface area contributed by atoms with Crippen molar-refractivity contribution >= 4 is 17.7 Å². The fourth-order valence-electron chi connectivity index (χ4n) is 7.85. The van der Waals surface area contributed by atoms with Crippen molar-refractivity contribution < 1.29 is 14.3 Å². The third-order valence-corrected chi connectivity index (χ3v) is 10.8. The van der Waals surface area contributed by atoms with Crippen LogP contribution in [0.25, 0.3) is 0 Å². The molecule has 5 rings (SSSR count). The van der Waals surface area contributed by atoms with Gasteiger partial charge in [0.25, 0.3) is 0 Å². The maximum absolute atomic E-state index is 11.4. The summed E-state index contributed by atoms with van der Waals surface area (Å²) in [7, 11) is 0. The molecule has 3 saturated carbocycles. The summed E-state index contributed by atoms with van der Waals surface area (Å²) in [6.45, 7) is 7.56. The predicted molar refractivity (Wildman–Crippen MR) is 108 cm³/mol. The topological polar surface area (TPSA) is 35.5 Å². The lowest BCUT2D eigenvalue weighted by Gasteiger charge is -2.59. The van der Waals surface area contributed by atoms with Gasteiger partial charge in [-0.25, -0.2) is 0 Å². The number of hydrogen-bond acceptors (Lipinski definition) is 4. The number of ether oxygens (including phenoxy) is 2. The Bertz CT molecular complexity index is 667. The third kappa shape index (κ3) is 2.54. The highest BCUT2D eigenvalue weighted by molar-refractivity contribution is 8.00. The van der Waals surface area contributed by atoms with Gasteiger partial charge in [0, 0.05) is 24.5 Å². The molecule has 7 atom stereocenters. The number of carbonyl (C=O) groups excluding carboxylic acids is 1. The average Bonchev–Trinajstić information content (AvgIpc) is 3.21. The van der Waals surface area contributed by atoms with Crippen LogP contribution >= 0.6 is 11.8 Å². The largest absolute Gasteiger partial charge is 0.462 e. The molecule has 0 N–H and O–H groups in total. The molecule has 0 aromatic heterocycles. The van der Waals surface area contributed by atoms with E-state index in [-0.39, 0.29) is 17.0 Å². The van der Waals surface area contributed by atoms with E-state index in [1.54, 1.807) is 12.5 Å². The lowest BCUT2D eigenvalue weighted by Crippen LogP contribution is -2.53. The number of allylic oxidation sites excluding steroid dienone is 1. The minimum Gasteiger partial charge on any atom is -0.462 e. The van der Waals surface area contributed by atoms with Gasteiger partial charge in [-0.15, -0.1) is 11.8 Å².